The third-order valence-electron chi connectivity index (χ3n) is 3.62. The van der Waals surface area contributed by atoms with Gasteiger partial charge < -0.3 is 19.7 Å². The first-order chi connectivity index (χ1) is 11.5. The summed E-state index contributed by atoms with van der Waals surface area (Å²) in [6.45, 7) is 3.81. The Hall–Kier alpha value is -2.60. The number of aliphatic hydroxyl groups is 1. The van der Waals surface area contributed by atoms with Crippen LogP contribution in [0.25, 0.3) is 0 Å². The fourth-order valence-electron chi connectivity index (χ4n) is 2.44. The van der Waals surface area contributed by atoms with Gasteiger partial charge in [-0.1, -0.05) is 30.3 Å². The van der Waals surface area contributed by atoms with E-state index in [2.05, 4.69) is 5.32 Å². The van der Waals surface area contributed by atoms with E-state index in [-0.39, 0.29) is 31.5 Å². The Morgan fingerprint density at radius 2 is 1.92 bits per heavy atom. The molecule has 6 heteroatoms. The summed E-state index contributed by atoms with van der Waals surface area (Å²) < 4.78 is 5.32. The first-order valence-electron chi connectivity index (χ1n) is 7.79. The van der Waals surface area contributed by atoms with Crippen molar-refractivity contribution in [1.82, 2.24) is 10.2 Å². The van der Waals surface area contributed by atoms with Crippen molar-refractivity contribution >= 4 is 11.8 Å². The van der Waals surface area contributed by atoms with Crippen LogP contribution in [0.15, 0.2) is 40.8 Å². The molecule has 0 bridgehead atoms. The van der Waals surface area contributed by atoms with Gasteiger partial charge in [0, 0.05) is 13.1 Å². The predicted octanol–water partition coefficient (Wildman–Crippen LogP) is 1.65. The Morgan fingerprint density at radius 3 is 2.50 bits per heavy atom. The van der Waals surface area contributed by atoms with E-state index in [1.165, 1.54) is 4.90 Å². The maximum atomic E-state index is 12.3. The smallest absolute Gasteiger partial charge is 0.255 e. The minimum atomic E-state index is -0.346. The zero-order valence-electron chi connectivity index (χ0n) is 13.9. The van der Waals surface area contributed by atoms with E-state index in [1.54, 1.807) is 19.9 Å². The number of rotatable bonds is 7. The maximum Gasteiger partial charge on any atom is 0.255 e. The molecule has 2 rings (SSSR count). The molecule has 1 aromatic heterocycles. The summed E-state index contributed by atoms with van der Waals surface area (Å²) in [6, 6.07) is 11.1. The van der Waals surface area contributed by atoms with Crippen LogP contribution in [0.1, 0.15) is 27.4 Å². The Bertz CT molecular complexity index is 694. The molecule has 0 aliphatic carbocycles. The number of nitrogens with zero attached hydrogens (tertiary/aromatic N) is 1. The lowest BCUT2D eigenvalue weighted by Crippen LogP contribution is -2.41. The second-order valence-electron chi connectivity index (χ2n) is 5.53. The number of carbonyl (C=O) groups excluding carboxylic acids is 2. The van der Waals surface area contributed by atoms with Crippen molar-refractivity contribution in [3.05, 3.63) is 59.0 Å². The van der Waals surface area contributed by atoms with Gasteiger partial charge >= 0.3 is 0 Å². The van der Waals surface area contributed by atoms with Crippen molar-refractivity contribution in [2.24, 2.45) is 0 Å². The van der Waals surface area contributed by atoms with Crippen LogP contribution in [0.4, 0.5) is 0 Å². The number of benzene rings is 1. The molecule has 2 N–H and O–H groups in total. The summed E-state index contributed by atoms with van der Waals surface area (Å²) in [7, 11) is 0. The van der Waals surface area contributed by atoms with E-state index >= 15 is 0 Å². The maximum absolute atomic E-state index is 12.3. The van der Waals surface area contributed by atoms with Crippen LogP contribution >= 0.6 is 0 Å². The van der Waals surface area contributed by atoms with E-state index in [0.717, 1.165) is 5.56 Å². The normalized spacial score (nSPS) is 10.5. The Labute approximate surface area is 141 Å². The molecule has 0 saturated heterocycles. The standard InChI is InChI=1S/C18H22N2O4/c1-13-10-16(14(2)24-13)18(23)19-11-17(22)20(8-9-21)12-15-6-4-3-5-7-15/h3-7,10,21H,8-9,11-12H2,1-2H3,(H,19,23). The first-order valence-corrected chi connectivity index (χ1v) is 7.79. The lowest BCUT2D eigenvalue weighted by Gasteiger charge is -2.22. The van der Waals surface area contributed by atoms with E-state index in [1.807, 2.05) is 30.3 Å². The van der Waals surface area contributed by atoms with Crippen molar-refractivity contribution in [2.45, 2.75) is 20.4 Å². The molecule has 0 spiro atoms. The highest BCUT2D eigenvalue weighted by Crippen LogP contribution is 2.13. The predicted molar refractivity (Wildman–Crippen MR) is 89.5 cm³/mol. The van der Waals surface area contributed by atoms with Crippen LogP contribution in [0.5, 0.6) is 0 Å². The summed E-state index contributed by atoms with van der Waals surface area (Å²) in [4.78, 5) is 26.0. The molecule has 0 aliphatic heterocycles. The highest BCUT2D eigenvalue weighted by Gasteiger charge is 2.17. The van der Waals surface area contributed by atoms with Gasteiger partial charge in [0.1, 0.15) is 11.5 Å². The molecule has 1 heterocycles. The van der Waals surface area contributed by atoms with Crippen LogP contribution < -0.4 is 5.32 Å². The van der Waals surface area contributed by atoms with Crippen LogP contribution in [0.3, 0.4) is 0 Å². The number of furan rings is 1. The molecule has 24 heavy (non-hydrogen) atoms. The summed E-state index contributed by atoms with van der Waals surface area (Å²) >= 11 is 0. The summed E-state index contributed by atoms with van der Waals surface area (Å²) in [5.41, 5.74) is 1.39. The lowest BCUT2D eigenvalue weighted by molar-refractivity contribution is -0.131. The second-order valence-corrected chi connectivity index (χ2v) is 5.53. The van der Waals surface area contributed by atoms with Crippen molar-refractivity contribution < 1.29 is 19.1 Å². The molecule has 128 valence electrons. The van der Waals surface area contributed by atoms with E-state index < -0.39 is 0 Å². The van der Waals surface area contributed by atoms with Crippen molar-refractivity contribution in [3.63, 3.8) is 0 Å². The molecule has 1 aromatic carbocycles. The molecule has 0 fully saturated rings. The molecule has 2 aromatic rings. The van der Waals surface area contributed by atoms with Gasteiger partial charge in [0.2, 0.25) is 5.91 Å². The summed E-state index contributed by atoms with van der Waals surface area (Å²) in [6.07, 6.45) is 0. The average Bonchev–Trinajstić information content (AvgIpc) is 2.91. The van der Waals surface area contributed by atoms with Gasteiger partial charge in [-0.05, 0) is 25.5 Å². The number of hydrogen-bond donors (Lipinski definition) is 2. The van der Waals surface area contributed by atoms with Gasteiger partial charge in [-0.3, -0.25) is 9.59 Å². The minimum Gasteiger partial charge on any atom is -0.466 e. The molecule has 0 atom stereocenters. The molecule has 2 amide bonds. The second kappa shape index (κ2) is 8.31. The van der Waals surface area contributed by atoms with Gasteiger partial charge in [0.05, 0.1) is 18.7 Å². The van der Waals surface area contributed by atoms with Crippen LogP contribution in [-0.4, -0.2) is 41.5 Å². The Kier molecular flexibility index (Phi) is 6.14. The van der Waals surface area contributed by atoms with E-state index in [4.69, 9.17) is 9.52 Å². The summed E-state index contributed by atoms with van der Waals surface area (Å²) in [5.74, 6) is 0.574. The topological polar surface area (TPSA) is 82.8 Å². The largest absolute Gasteiger partial charge is 0.466 e. The Morgan fingerprint density at radius 1 is 1.21 bits per heavy atom. The van der Waals surface area contributed by atoms with Gasteiger partial charge in [0.25, 0.3) is 5.91 Å². The van der Waals surface area contributed by atoms with Crippen molar-refractivity contribution in [3.8, 4) is 0 Å². The zero-order chi connectivity index (χ0) is 17.5. The molecule has 0 radical (unpaired) electrons. The highest BCUT2D eigenvalue weighted by atomic mass is 16.3. The van der Waals surface area contributed by atoms with Crippen LogP contribution in [0.2, 0.25) is 0 Å². The number of hydrogen-bond acceptors (Lipinski definition) is 4. The van der Waals surface area contributed by atoms with Gasteiger partial charge in [-0.2, -0.15) is 0 Å². The average molecular weight is 330 g/mol. The molecule has 0 saturated carbocycles. The third-order valence-corrected chi connectivity index (χ3v) is 3.62. The van der Waals surface area contributed by atoms with Crippen molar-refractivity contribution in [1.29, 1.82) is 0 Å². The zero-order valence-corrected chi connectivity index (χ0v) is 13.9. The van der Waals surface area contributed by atoms with Gasteiger partial charge in [0.15, 0.2) is 0 Å². The first kappa shape index (κ1) is 17.7. The number of nitrogens with one attached hydrogen (secondary N) is 1. The Balaban J connectivity index is 1.95. The lowest BCUT2D eigenvalue weighted by atomic mass is 10.2. The number of aliphatic hydroxyl groups excluding tert-OH is 1. The molecule has 0 unspecified atom stereocenters. The fraction of sp³-hybridized carbons (Fsp3) is 0.333. The monoisotopic (exact) mass is 330 g/mol. The van der Waals surface area contributed by atoms with E-state index in [9.17, 15) is 9.59 Å². The molecule has 0 aliphatic rings. The molecule has 6 nitrogen and oxygen atoms in total. The third kappa shape index (κ3) is 4.70. The molecular formula is C18H22N2O4. The van der Waals surface area contributed by atoms with Crippen LogP contribution in [0, 0.1) is 13.8 Å². The van der Waals surface area contributed by atoms with Crippen LogP contribution in [-0.2, 0) is 11.3 Å². The van der Waals surface area contributed by atoms with Crippen molar-refractivity contribution in [2.75, 3.05) is 19.7 Å². The SMILES string of the molecule is Cc1cc(C(=O)NCC(=O)N(CCO)Cc2ccccc2)c(C)o1. The minimum absolute atomic E-state index is 0.130. The number of aryl methyl sites for hydroxylation is 2. The number of amides is 2. The van der Waals surface area contributed by atoms with Gasteiger partial charge in [-0.25, -0.2) is 0 Å². The van der Waals surface area contributed by atoms with E-state index in [0.29, 0.717) is 23.6 Å². The fourth-order valence-corrected chi connectivity index (χ4v) is 2.44. The molecular weight excluding hydrogens is 308 g/mol. The number of carbonyl (C=O) groups is 2. The quantitative estimate of drug-likeness (QED) is 0.808. The van der Waals surface area contributed by atoms with Gasteiger partial charge in [-0.15, -0.1) is 0 Å². The highest BCUT2D eigenvalue weighted by molar-refractivity contribution is 5.97. The summed E-state index contributed by atoms with van der Waals surface area (Å²) in [5, 5.41) is 11.8.